The van der Waals surface area contributed by atoms with Gasteiger partial charge in [0.2, 0.25) is 0 Å². The van der Waals surface area contributed by atoms with Crippen LogP contribution in [0.5, 0.6) is 0 Å². The molecule has 0 bridgehead atoms. The molecule has 0 aromatic rings. The smallest absolute Gasteiger partial charge is 0.325 e. The van der Waals surface area contributed by atoms with Crippen LogP contribution in [0.3, 0.4) is 0 Å². The van der Waals surface area contributed by atoms with E-state index in [0.717, 1.165) is 31.2 Å². The van der Waals surface area contributed by atoms with Crippen molar-refractivity contribution in [2.45, 2.75) is 75.4 Å². The first-order valence-corrected chi connectivity index (χ1v) is 8.27. The number of likely N-dealkylation sites (tertiary alicyclic amines) is 1. The molecule has 114 valence electrons. The highest BCUT2D eigenvalue weighted by Crippen LogP contribution is 2.41. The molecule has 3 rings (SSSR count). The first-order chi connectivity index (χ1) is 9.64. The number of nitrogens with zero attached hydrogens (tertiary/aromatic N) is 1. The summed E-state index contributed by atoms with van der Waals surface area (Å²) in [6.07, 6.45) is 10.6. The van der Waals surface area contributed by atoms with Crippen LogP contribution in [0.15, 0.2) is 0 Å². The number of rotatable bonds is 2. The Hall–Kier alpha value is -0.610. The van der Waals surface area contributed by atoms with E-state index in [0.29, 0.717) is 6.04 Å². The van der Waals surface area contributed by atoms with Crippen LogP contribution in [0, 0.1) is 5.92 Å². The van der Waals surface area contributed by atoms with E-state index in [1.807, 2.05) is 0 Å². The lowest BCUT2D eigenvalue weighted by Gasteiger charge is -2.47. The first-order valence-electron chi connectivity index (χ1n) is 8.27. The van der Waals surface area contributed by atoms with E-state index >= 15 is 0 Å². The zero-order valence-corrected chi connectivity index (χ0v) is 12.6. The second kappa shape index (κ2) is 5.64. The molecule has 0 aromatic carbocycles. The molecule has 2 N–H and O–H groups in total. The summed E-state index contributed by atoms with van der Waals surface area (Å²) in [6.45, 7) is 1.20. The van der Waals surface area contributed by atoms with Gasteiger partial charge < -0.3 is 10.5 Å². The molecule has 1 heterocycles. The monoisotopic (exact) mass is 280 g/mol. The molecule has 20 heavy (non-hydrogen) atoms. The van der Waals surface area contributed by atoms with Gasteiger partial charge in [0.05, 0.1) is 7.11 Å². The quantitative estimate of drug-likeness (QED) is 0.787. The largest absolute Gasteiger partial charge is 0.468 e. The van der Waals surface area contributed by atoms with E-state index in [4.69, 9.17) is 10.5 Å². The summed E-state index contributed by atoms with van der Waals surface area (Å²) in [6, 6.07) is 1.24. The van der Waals surface area contributed by atoms with Crippen molar-refractivity contribution in [2.24, 2.45) is 11.7 Å². The van der Waals surface area contributed by atoms with Gasteiger partial charge >= 0.3 is 5.97 Å². The molecule has 3 fully saturated rings. The van der Waals surface area contributed by atoms with Crippen LogP contribution in [-0.2, 0) is 9.53 Å². The molecule has 0 amide bonds. The number of carbonyl (C=O) groups excluding carboxylic acids is 1. The summed E-state index contributed by atoms with van der Waals surface area (Å²) in [5.41, 5.74) is 5.60. The summed E-state index contributed by atoms with van der Waals surface area (Å²) < 4.78 is 4.93. The van der Waals surface area contributed by atoms with Gasteiger partial charge in [-0.25, -0.2) is 0 Å². The minimum absolute atomic E-state index is 0.220. The van der Waals surface area contributed by atoms with Gasteiger partial charge in [-0.15, -0.1) is 0 Å². The normalized spacial score (nSPS) is 42.2. The fourth-order valence-electron chi connectivity index (χ4n) is 4.90. The third-order valence-electron chi connectivity index (χ3n) is 5.86. The van der Waals surface area contributed by atoms with Crippen molar-refractivity contribution in [3.05, 3.63) is 0 Å². The number of fused-ring (bicyclic) bond motifs is 1. The van der Waals surface area contributed by atoms with Crippen molar-refractivity contribution in [3.63, 3.8) is 0 Å². The summed E-state index contributed by atoms with van der Waals surface area (Å²) in [7, 11) is 1.45. The highest BCUT2D eigenvalue weighted by atomic mass is 16.5. The van der Waals surface area contributed by atoms with E-state index < -0.39 is 5.54 Å². The number of ether oxygens (including phenoxy) is 1. The van der Waals surface area contributed by atoms with Crippen molar-refractivity contribution in [1.29, 1.82) is 0 Å². The van der Waals surface area contributed by atoms with Crippen LogP contribution in [-0.4, -0.2) is 42.1 Å². The molecule has 0 spiro atoms. The average molecular weight is 280 g/mol. The summed E-state index contributed by atoms with van der Waals surface area (Å²) in [4.78, 5) is 14.7. The average Bonchev–Trinajstić information content (AvgIpc) is 2.94. The van der Waals surface area contributed by atoms with Gasteiger partial charge in [-0.3, -0.25) is 9.69 Å². The molecule has 0 radical (unpaired) electrons. The Morgan fingerprint density at radius 3 is 2.80 bits per heavy atom. The van der Waals surface area contributed by atoms with Crippen molar-refractivity contribution in [1.82, 2.24) is 4.90 Å². The molecular weight excluding hydrogens is 252 g/mol. The second-order valence-electron chi connectivity index (χ2n) is 7.04. The Morgan fingerprint density at radius 2 is 2.00 bits per heavy atom. The van der Waals surface area contributed by atoms with E-state index in [1.54, 1.807) is 0 Å². The predicted octanol–water partition coefficient (Wildman–Crippen LogP) is 2.06. The lowest BCUT2D eigenvalue weighted by atomic mass is 9.77. The number of methoxy groups -OCH3 is 1. The van der Waals surface area contributed by atoms with E-state index in [-0.39, 0.29) is 5.97 Å². The highest BCUT2D eigenvalue weighted by molar-refractivity contribution is 5.80. The highest BCUT2D eigenvalue weighted by Gasteiger charge is 2.45. The lowest BCUT2D eigenvalue weighted by molar-refractivity contribution is -0.149. The van der Waals surface area contributed by atoms with Crippen molar-refractivity contribution >= 4 is 5.97 Å². The maximum absolute atomic E-state index is 12.0. The molecule has 1 aliphatic heterocycles. The van der Waals surface area contributed by atoms with Crippen LogP contribution in [0.4, 0.5) is 0 Å². The zero-order valence-electron chi connectivity index (χ0n) is 12.6. The van der Waals surface area contributed by atoms with Crippen LogP contribution < -0.4 is 5.73 Å². The topological polar surface area (TPSA) is 55.6 Å². The Balaban J connectivity index is 1.71. The number of hydrogen-bond donors (Lipinski definition) is 1. The maximum atomic E-state index is 12.0. The van der Waals surface area contributed by atoms with Gasteiger partial charge in [0.1, 0.15) is 5.54 Å². The number of esters is 1. The molecule has 4 nitrogen and oxygen atoms in total. The predicted molar refractivity (Wildman–Crippen MR) is 78.3 cm³/mol. The lowest BCUT2D eigenvalue weighted by Crippen LogP contribution is -2.58. The summed E-state index contributed by atoms with van der Waals surface area (Å²) in [5, 5.41) is 0. The maximum Gasteiger partial charge on any atom is 0.325 e. The number of nitrogens with two attached hydrogens (primary N) is 1. The molecule has 4 heteroatoms. The molecule has 1 saturated heterocycles. The number of hydrogen-bond acceptors (Lipinski definition) is 4. The minimum atomic E-state index is -0.747. The summed E-state index contributed by atoms with van der Waals surface area (Å²) in [5.74, 6) is 0.679. The Morgan fingerprint density at radius 1 is 1.20 bits per heavy atom. The van der Waals surface area contributed by atoms with Gasteiger partial charge in [-0.2, -0.15) is 0 Å². The number of carbonyl (C=O) groups is 1. The fraction of sp³-hybridized carbons (Fsp3) is 0.938. The SMILES string of the molecule is COC(=O)C1(N)CCCC(N2CCCC3CCCC32)C1. The van der Waals surface area contributed by atoms with E-state index in [9.17, 15) is 4.79 Å². The second-order valence-corrected chi connectivity index (χ2v) is 7.04. The van der Waals surface area contributed by atoms with Crippen LogP contribution in [0.1, 0.15) is 57.8 Å². The standard InChI is InChI=1S/C16H28N2O2/c1-20-15(19)16(17)9-3-7-13(11-16)18-10-4-6-12-5-2-8-14(12)18/h12-14H,2-11,17H2,1H3. The van der Waals surface area contributed by atoms with Crippen molar-refractivity contribution in [3.8, 4) is 0 Å². The van der Waals surface area contributed by atoms with Crippen molar-refractivity contribution < 1.29 is 9.53 Å². The molecule has 2 aliphatic carbocycles. The van der Waals surface area contributed by atoms with E-state index in [2.05, 4.69) is 4.90 Å². The molecular formula is C16H28N2O2. The third kappa shape index (κ3) is 2.48. The Bertz CT molecular complexity index is 373. The molecule has 2 saturated carbocycles. The van der Waals surface area contributed by atoms with E-state index in [1.165, 1.54) is 52.2 Å². The first kappa shape index (κ1) is 14.3. The van der Waals surface area contributed by atoms with Gasteiger partial charge in [0, 0.05) is 12.1 Å². The zero-order chi connectivity index (χ0) is 14.2. The molecule has 3 aliphatic rings. The fourth-order valence-corrected chi connectivity index (χ4v) is 4.90. The Kier molecular flexibility index (Phi) is 4.04. The van der Waals surface area contributed by atoms with Gasteiger partial charge in [-0.1, -0.05) is 6.42 Å². The molecule has 0 aromatic heterocycles. The van der Waals surface area contributed by atoms with Crippen LogP contribution >= 0.6 is 0 Å². The molecule has 4 unspecified atom stereocenters. The van der Waals surface area contributed by atoms with Gasteiger partial charge in [0.25, 0.3) is 0 Å². The van der Waals surface area contributed by atoms with Crippen LogP contribution in [0.2, 0.25) is 0 Å². The van der Waals surface area contributed by atoms with Crippen LogP contribution in [0.25, 0.3) is 0 Å². The summed E-state index contributed by atoms with van der Waals surface area (Å²) >= 11 is 0. The minimum Gasteiger partial charge on any atom is -0.468 e. The van der Waals surface area contributed by atoms with Crippen molar-refractivity contribution in [2.75, 3.05) is 13.7 Å². The third-order valence-corrected chi connectivity index (χ3v) is 5.86. The number of piperidine rings is 1. The Labute approximate surface area is 122 Å². The van der Waals surface area contributed by atoms with Gasteiger partial charge in [-0.05, 0) is 63.8 Å². The molecule has 4 atom stereocenters. The van der Waals surface area contributed by atoms with Gasteiger partial charge in [0.15, 0.2) is 0 Å².